The third kappa shape index (κ3) is 2.10. The fourth-order valence-electron chi connectivity index (χ4n) is 2.07. The number of rotatable bonds is 1. The summed E-state index contributed by atoms with van der Waals surface area (Å²) < 4.78 is 28.9. The molecule has 0 atom stereocenters. The summed E-state index contributed by atoms with van der Waals surface area (Å²) in [6.07, 6.45) is 0. The van der Waals surface area contributed by atoms with Crippen LogP contribution in [0.25, 0.3) is 31.0 Å². The van der Waals surface area contributed by atoms with Gasteiger partial charge in [-0.05, 0) is 23.6 Å². The lowest BCUT2D eigenvalue weighted by Gasteiger charge is -2.03. The van der Waals surface area contributed by atoms with Crippen molar-refractivity contribution in [2.45, 2.75) is 0 Å². The minimum Gasteiger partial charge on any atom is -0.227 e. The molecule has 4 aromatic rings. The van der Waals surface area contributed by atoms with Gasteiger partial charge < -0.3 is 0 Å². The average Bonchev–Trinajstić information content (AvgIpc) is 3.01. The summed E-state index contributed by atoms with van der Waals surface area (Å²) in [6, 6.07) is 6.05. The van der Waals surface area contributed by atoms with Crippen LogP contribution in [0, 0.1) is 11.6 Å². The van der Waals surface area contributed by atoms with E-state index in [9.17, 15) is 8.78 Å². The Morgan fingerprint density at radius 1 is 1.00 bits per heavy atom. The van der Waals surface area contributed by atoms with E-state index in [1.54, 1.807) is 22.7 Å². The third-order valence-electron chi connectivity index (χ3n) is 3.05. The van der Waals surface area contributed by atoms with Crippen LogP contribution in [0.15, 0.2) is 29.6 Å². The Hall–Kier alpha value is -1.63. The predicted octanol–water partition coefficient (Wildman–Crippen LogP) is 5.50. The second-order valence-electron chi connectivity index (χ2n) is 4.38. The van der Waals surface area contributed by atoms with Crippen molar-refractivity contribution >= 4 is 54.6 Å². The molecule has 7 heteroatoms. The summed E-state index contributed by atoms with van der Waals surface area (Å²) in [5.74, 6) is -1.49. The molecule has 0 saturated carbocycles. The predicted molar refractivity (Wildman–Crippen MR) is 83.2 cm³/mol. The number of thiophene rings is 2. The zero-order valence-corrected chi connectivity index (χ0v) is 12.6. The molecule has 0 fully saturated rings. The van der Waals surface area contributed by atoms with Crippen LogP contribution in [0.4, 0.5) is 8.78 Å². The van der Waals surface area contributed by atoms with Crippen LogP contribution in [-0.4, -0.2) is 9.97 Å². The van der Waals surface area contributed by atoms with Crippen LogP contribution in [0.5, 0.6) is 0 Å². The molecule has 0 aliphatic rings. The summed E-state index contributed by atoms with van der Waals surface area (Å²) >= 11 is 9.24. The molecule has 0 aliphatic heterocycles. The Labute approximate surface area is 130 Å². The molecule has 3 heterocycles. The van der Waals surface area contributed by atoms with E-state index in [-0.39, 0.29) is 5.15 Å². The topological polar surface area (TPSA) is 25.8 Å². The lowest BCUT2D eigenvalue weighted by Crippen LogP contribution is -1.93. The van der Waals surface area contributed by atoms with Gasteiger partial charge in [0.2, 0.25) is 0 Å². The molecule has 21 heavy (non-hydrogen) atoms. The number of fused-ring (bicyclic) bond motifs is 2. The van der Waals surface area contributed by atoms with Crippen molar-refractivity contribution in [3.05, 3.63) is 46.4 Å². The fraction of sp³-hybridized carbons (Fsp3) is 0. The fourth-order valence-corrected chi connectivity index (χ4v) is 4.35. The maximum atomic E-state index is 13.4. The molecule has 1 aromatic carbocycles. The smallest absolute Gasteiger partial charge is 0.171 e. The molecule has 0 spiro atoms. The second-order valence-corrected chi connectivity index (χ2v) is 6.77. The number of nitrogens with zero attached hydrogens (tertiary/aromatic N) is 2. The number of halogens is 3. The second kappa shape index (κ2) is 4.69. The van der Waals surface area contributed by atoms with Gasteiger partial charge in [-0.3, -0.25) is 0 Å². The van der Waals surface area contributed by atoms with Crippen LogP contribution < -0.4 is 0 Å². The monoisotopic (exact) mass is 338 g/mol. The Morgan fingerprint density at radius 3 is 2.62 bits per heavy atom. The Bertz CT molecular complexity index is 965. The molecule has 0 aliphatic carbocycles. The first-order chi connectivity index (χ1) is 10.1. The molecule has 3 aromatic heterocycles. The van der Waals surface area contributed by atoms with Crippen molar-refractivity contribution in [1.82, 2.24) is 9.97 Å². The van der Waals surface area contributed by atoms with E-state index in [2.05, 4.69) is 9.97 Å². The standard InChI is InChI=1S/C14H5ClF2N2S2/c15-13-6-3-7(16)8(17)4-9(6)18-14(19-13)12-5-11-10(21-12)1-2-20-11/h1-5H. The molecule has 0 unspecified atom stereocenters. The SMILES string of the molecule is Fc1cc2nc(-c3cc4sccc4s3)nc(Cl)c2cc1F. The number of benzene rings is 1. The highest BCUT2D eigenvalue weighted by Crippen LogP contribution is 2.36. The quantitative estimate of drug-likeness (QED) is 0.428. The van der Waals surface area contributed by atoms with E-state index < -0.39 is 11.6 Å². The van der Waals surface area contributed by atoms with Gasteiger partial charge >= 0.3 is 0 Å². The van der Waals surface area contributed by atoms with Crippen LogP contribution in [0.3, 0.4) is 0 Å². The van der Waals surface area contributed by atoms with Crippen molar-refractivity contribution in [2.24, 2.45) is 0 Å². The highest BCUT2D eigenvalue weighted by atomic mass is 35.5. The number of hydrogen-bond acceptors (Lipinski definition) is 4. The molecule has 0 N–H and O–H groups in total. The first kappa shape index (κ1) is 13.1. The number of aromatic nitrogens is 2. The zero-order valence-electron chi connectivity index (χ0n) is 10.2. The van der Waals surface area contributed by atoms with Crippen molar-refractivity contribution in [1.29, 1.82) is 0 Å². The van der Waals surface area contributed by atoms with Crippen molar-refractivity contribution in [2.75, 3.05) is 0 Å². The molecule has 0 bridgehead atoms. The van der Waals surface area contributed by atoms with Gasteiger partial charge in [0.1, 0.15) is 5.15 Å². The van der Waals surface area contributed by atoms with Crippen LogP contribution in [0.2, 0.25) is 5.15 Å². The van der Waals surface area contributed by atoms with E-state index in [1.165, 1.54) is 0 Å². The molecule has 0 saturated heterocycles. The highest BCUT2D eigenvalue weighted by Gasteiger charge is 2.14. The molecule has 104 valence electrons. The summed E-state index contributed by atoms with van der Waals surface area (Å²) in [5.41, 5.74) is 0.292. The normalized spacial score (nSPS) is 11.6. The van der Waals surface area contributed by atoms with E-state index in [4.69, 9.17) is 11.6 Å². The molecular weight excluding hydrogens is 334 g/mol. The highest BCUT2D eigenvalue weighted by molar-refractivity contribution is 7.28. The summed E-state index contributed by atoms with van der Waals surface area (Å²) in [5, 5.41) is 2.43. The minimum atomic E-state index is -0.961. The summed E-state index contributed by atoms with van der Waals surface area (Å²) in [7, 11) is 0. The van der Waals surface area contributed by atoms with Crippen LogP contribution >= 0.6 is 34.3 Å². The van der Waals surface area contributed by atoms with Crippen molar-refractivity contribution in [3.63, 3.8) is 0 Å². The maximum Gasteiger partial charge on any atom is 0.171 e. The lowest BCUT2D eigenvalue weighted by molar-refractivity contribution is 0.510. The summed E-state index contributed by atoms with van der Waals surface area (Å²) in [6.45, 7) is 0. The van der Waals surface area contributed by atoms with Crippen LogP contribution in [0.1, 0.15) is 0 Å². The maximum absolute atomic E-state index is 13.4. The van der Waals surface area contributed by atoms with E-state index in [1.807, 2.05) is 17.5 Å². The minimum absolute atomic E-state index is 0.116. The first-order valence-corrected chi connectivity index (χ1v) is 7.99. The Balaban J connectivity index is 1.97. The van der Waals surface area contributed by atoms with Crippen molar-refractivity contribution in [3.8, 4) is 10.7 Å². The zero-order chi connectivity index (χ0) is 14.6. The Morgan fingerprint density at radius 2 is 1.81 bits per heavy atom. The van der Waals surface area contributed by atoms with Gasteiger partial charge in [0, 0.05) is 20.9 Å². The van der Waals surface area contributed by atoms with Crippen molar-refractivity contribution < 1.29 is 8.78 Å². The summed E-state index contributed by atoms with van der Waals surface area (Å²) in [4.78, 5) is 9.35. The van der Waals surface area contributed by atoms with Gasteiger partial charge in [0.05, 0.1) is 10.4 Å². The van der Waals surface area contributed by atoms with E-state index in [0.717, 1.165) is 26.4 Å². The van der Waals surface area contributed by atoms with E-state index in [0.29, 0.717) is 16.7 Å². The molecule has 2 nitrogen and oxygen atoms in total. The van der Waals surface area contributed by atoms with Gasteiger partial charge in [-0.2, -0.15) is 0 Å². The van der Waals surface area contributed by atoms with Gasteiger partial charge in [0.25, 0.3) is 0 Å². The molecule has 0 radical (unpaired) electrons. The first-order valence-electron chi connectivity index (χ1n) is 5.91. The van der Waals surface area contributed by atoms with Gasteiger partial charge in [-0.1, -0.05) is 11.6 Å². The van der Waals surface area contributed by atoms with Gasteiger partial charge in [0.15, 0.2) is 17.5 Å². The van der Waals surface area contributed by atoms with Gasteiger partial charge in [-0.25, -0.2) is 18.7 Å². The molecular formula is C14H5ClF2N2S2. The lowest BCUT2D eigenvalue weighted by atomic mass is 10.2. The largest absolute Gasteiger partial charge is 0.227 e. The molecule has 0 amide bonds. The van der Waals surface area contributed by atoms with Crippen LogP contribution in [-0.2, 0) is 0 Å². The Kier molecular flexibility index (Phi) is 2.92. The molecule has 4 rings (SSSR count). The van der Waals surface area contributed by atoms with E-state index >= 15 is 0 Å². The third-order valence-corrected chi connectivity index (χ3v) is 5.43. The van der Waals surface area contributed by atoms with Gasteiger partial charge in [-0.15, -0.1) is 22.7 Å². The average molecular weight is 339 g/mol. The number of hydrogen-bond donors (Lipinski definition) is 0.